The van der Waals surface area contributed by atoms with Crippen molar-refractivity contribution in [2.75, 3.05) is 11.5 Å². The molecule has 0 radical (unpaired) electrons. The highest BCUT2D eigenvalue weighted by molar-refractivity contribution is 9.10. The Morgan fingerprint density at radius 1 is 0.839 bits per heavy atom. The summed E-state index contributed by atoms with van der Waals surface area (Å²) in [4.78, 5) is 0. The molecule has 2 aromatic carbocycles. The van der Waals surface area contributed by atoms with Gasteiger partial charge in [0.05, 0.1) is 11.1 Å². The molecule has 11 heteroatoms. The average molecular weight is 505 g/mol. The van der Waals surface area contributed by atoms with E-state index in [4.69, 9.17) is 16.7 Å². The molecule has 0 unspecified atom stereocenters. The summed E-state index contributed by atoms with van der Waals surface area (Å²) in [6, 6.07) is 12.1. The van der Waals surface area contributed by atoms with Gasteiger partial charge < -0.3 is 16.0 Å². The van der Waals surface area contributed by atoms with Gasteiger partial charge in [0.15, 0.2) is 0 Å². The third-order valence-electron chi connectivity index (χ3n) is 4.16. The number of nitriles is 1. The molecule has 4 N–H and O–H groups in total. The van der Waals surface area contributed by atoms with Crippen LogP contribution >= 0.6 is 15.9 Å². The van der Waals surface area contributed by atoms with E-state index in [1.807, 2.05) is 6.07 Å². The number of anilines is 2. The first-order valence-electron chi connectivity index (χ1n) is 8.41. The van der Waals surface area contributed by atoms with Crippen LogP contribution in [0.25, 0.3) is 11.3 Å². The molecule has 31 heavy (non-hydrogen) atoms. The zero-order valence-corrected chi connectivity index (χ0v) is 17.4. The van der Waals surface area contributed by atoms with Crippen molar-refractivity contribution in [3.05, 3.63) is 69.8 Å². The number of nitrogens with zero attached hydrogens (tertiary/aromatic N) is 2. The molecule has 164 valence electrons. The highest BCUT2D eigenvalue weighted by Gasteiger charge is 2.34. The number of benzene rings is 2. The molecule has 0 bridgehead atoms. The van der Waals surface area contributed by atoms with Crippen LogP contribution in [-0.2, 0) is 19.4 Å². The van der Waals surface area contributed by atoms with Gasteiger partial charge in [0.2, 0.25) is 0 Å². The Labute approximate surface area is 181 Å². The lowest BCUT2D eigenvalue weighted by Crippen LogP contribution is -2.09. The smallest absolute Gasteiger partial charge is 0.399 e. The molecule has 1 aromatic heterocycles. The Morgan fingerprint density at radius 2 is 1.35 bits per heavy atom. The van der Waals surface area contributed by atoms with Gasteiger partial charge in [-0.15, -0.1) is 0 Å². The molecule has 0 spiro atoms. The van der Waals surface area contributed by atoms with Crippen LogP contribution in [0.4, 0.5) is 37.7 Å². The van der Waals surface area contributed by atoms with E-state index in [9.17, 15) is 26.3 Å². The number of nitrogens with two attached hydrogens (primary N) is 2. The van der Waals surface area contributed by atoms with E-state index >= 15 is 0 Å². The maximum absolute atomic E-state index is 13.0. The second kappa shape index (κ2) is 8.93. The van der Waals surface area contributed by atoms with E-state index in [-0.39, 0.29) is 21.4 Å². The third kappa shape index (κ3) is 5.73. The van der Waals surface area contributed by atoms with Crippen molar-refractivity contribution in [3.8, 4) is 17.3 Å². The molecule has 0 aliphatic carbocycles. The normalized spacial score (nSPS) is 11.5. The summed E-state index contributed by atoms with van der Waals surface area (Å²) >= 11 is 2.79. The van der Waals surface area contributed by atoms with E-state index in [0.717, 1.165) is 12.1 Å². The monoisotopic (exact) mass is 504 g/mol. The first kappa shape index (κ1) is 24.1. The van der Waals surface area contributed by atoms with Gasteiger partial charge in [-0.2, -0.15) is 31.6 Å². The fraction of sp³-hybridized carbons (Fsp3) is 0.150. The Balaban J connectivity index is 0.000000245. The number of nitrogen functional groups attached to an aromatic ring is 2. The molecule has 0 atom stereocenters. The van der Waals surface area contributed by atoms with Crippen molar-refractivity contribution >= 4 is 27.3 Å². The minimum Gasteiger partial charge on any atom is -0.399 e. The van der Waals surface area contributed by atoms with Crippen molar-refractivity contribution in [2.24, 2.45) is 7.05 Å². The number of rotatable bonds is 1. The highest BCUT2D eigenvalue weighted by atomic mass is 79.9. The Hall–Kier alpha value is -3.13. The molecular formula is C20H15BrF6N4. The minimum atomic E-state index is -4.50. The van der Waals surface area contributed by atoms with Crippen molar-refractivity contribution in [1.82, 2.24) is 4.57 Å². The molecule has 0 fully saturated rings. The Bertz CT molecular complexity index is 1130. The lowest BCUT2D eigenvalue weighted by Gasteiger charge is -2.14. The first-order valence-corrected chi connectivity index (χ1v) is 9.20. The number of aromatic nitrogens is 1. The van der Waals surface area contributed by atoms with Crippen molar-refractivity contribution < 1.29 is 26.3 Å². The van der Waals surface area contributed by atoms with E-state index < -0.39 is 23.5 Å². The number of halogens is 7. The fourth-order valence-electron chi connectivity index (χ4n) is 2.67. The second-order valence-electron chi connectivity index (χ2n) is 6.31. The predicted octanol–water partition coefficient (Wildman–Crippen LogP) is 6.21. The topological polar surface area (TPSA) is 80.8 Å². The summed E-state index contributed by atoms with van der Waals surface area (Å²) in [6.07, 6.45) is -8.85. The van der Waals surface area contributed by atoms with Crippen LogP contribution in [0.5, 0.6) is 0 Å². The van der Waals surface area contributed by atoms with Crippen molar-refractivity contribution in [2.45, 2.75) is 12.4 Å². The van der Waals surface area contributed by atoms with Gasteiger partial charge in [-0.05, 0) is 42.5 Å². The summed E-state index contributed by atoms with van der Waals surface area (Å²) in [7, 11) is 1.55. The summed E-state index contributed by atoms with van der Waals surface area (Å²) in [6.45, 7) is 0. The maximum Gasteiger partial charge on any atom is 0.417 e. The van der Waals surface area contributed by atoms with Gasteiger partial charge in [0, 0.05) is 34.2 Å². The summed E-state index contributed by atoms with van der Waals surface area (Å²) in [5.74, 6) is 0. The molecule has 0 saturated carbocycles. The maximum atomic E-state index is 13.0. The number of hydrogen-bond donors (Lipinski definition) is 2. The van der Waals surface area contributed by atoms with E-state index in [0.29, 0.717) is 11.4 Å². The van der Waals surface area contributed by atoms with Crippen molar-refractivity contribution in [3.63, 3.8) is 0 Å². The molecule has 4 nitrogen and oxygen atoms in total. The van der Waals surface area contributed by atoms with Crippen LogP contribution in [-0.4, -0.2) is 4.57 Å². The fourth-order valence-corrected chi connectivity index (χ4v) is 3.15. The van der Waals surface area contributed by atoms with Gasteiger partial charge in [-0.1, -0.05) is 22.0 Å². The number of alkyl halides is 6. The summed E-state index contributed by atoms with van der Waals surface area (Å²) < 4.78 is 76.9. The molecule has 0 amide bonds. The zero-order valence-electron chi connectivity index (χ0n) is 15.8. The number of hydrogen-bond acceptors (Lipinski definition) is 3. The molecule has 1 heterocycles. The third-order valence-corrected chi connectivity index (χ3v) is 4.85. The summed E-state index contributed by atoms with van der Waals surface area (Å²) in [5, 5.41) is 8.84. The SMILES string of the molecule is Cn1c(C#N)ccc1-c1ccc(N)cc1C(F)(F)F.Nc1ccc(Br)c(C(F)(F)F)c1. The summed E-state index contributed by atoms with van der Waals surface area (Å²) in [5.41, 5.74) is 9.83. The molecule has 0 saturated heterocycles. The van der Waals surface area contributed by atoms with Gasteiger partial charge >= 0.3 is 12.4 Å². The van der Waals surface area contributed by atoms with Crippen LogP contribution in [0.2, 0.25) is 0 Å². The molecule has 3 rings (SSSR count). The highest BCUT2D eigenvalue weighted by Crippen LogP contribution is 2.38. The predicted molar refractivity (Wildman–Crippen MR) is 109 cm³/mol. The van der Waals surface area contributed by atoms with E-state index in [2.05, 4.69) is 15.9 Å². The molecule has 0 aliphatic heterocycles. The molecular weight excluding hydrogens is 490 g/mol. The largest absolute Gasteiger partial charge is 0.417 e. The van der Waals surface area contributed by atoms with E-state index in [1.165, 1.54) is 41.0 Å². The van der Waals surface area contributed by atoms with Crippen LogP contribution in [0.15, 0.2) is 53.0 Å². The van der Waals surface area contributed by atoms with Crippen molar-refractivity contribution in [1.29, 1.82) is 5.26 Å². The van der Waals surface area contributed by atoms with Gasteiger partial charge in [0.1, 0.15) is 11.8 Å². The molecule has 0 aliphatic rings. The quantitative estimate of drug-likeness (QED) is 0.305. The zero-order chi connectivity index (χ0) is 23.6. The Kier molecular flexibility index (Phi) is 6.96. The van der Waals surface area contributed by atoms with Crippen LogP contribution < -0.4 is 11.5 Å². The molecule has 3 aromatic rings. The lowest BCUT2D eigenvalue weighted by atomic mass is 10.0. The van der Waals surface area contributed by atoms with Crippen LogP contribution in [0.3, 0.4) is 0 Å². The van der Waals surface area contributed by atoms with Gasteiger partial charge in [-0.25, -0.2) is 0 Å². The standard InChI is InChI=1S/C13H10F3N3.C7H5BrF3N/c1-19-9(7-17)3-5-12(19)10-4-2-8(18)6-11(10)13(14,15)16;8-6-2-1-4(12)3-5(6)7(9,10)11/h2-6H,18H2,1H3;1-3H,12H2. The van der Waals surface area contributed by atoms with Gasteiger partial charge in [-0.3, -0.25) is 0 Å². The van der Waals surface area contributed by atoms with Crippen LogP contribution in [0.1, 0.15) is 16.8 Å². The van der Waals surface area contributed by atoms with Gasteiger partial charge in [0.25, 0.3) is 0 Å². The van der Waals surface area contributed by atoms with E-state index in [1.54, 1.807) is 7.05 Å². The van der Waals surface area contributed by atoms with Crippen LogP contribution in [0, 0.1) is 11.3 Å². The first-order chi connectivity index (χ1) is 14.3. The minimum absolute atomic E-state index is 0.00389. The lowest BCUT2D eigenvalue weighted by molar-refractivity contribution is -0.138. The second-order valence-corrected chi connectivity index (χ2v) is 7.17. The average Bonchev–Trinajstić information content (AvgIpc) is 3.03. The Morgan fingerprint density at radius 3 is 1.81 bits per heavy atom.